The average molecular weight is 238 g/mol. The summed E-state index contributed by atoms with van der Waals surface area (Å²) in [4.78, 5) is 11.8. The maximum atomic E-state index is 11.8. The van der Waals surface area contributed by atoms with Crippen molar-refractivity contribution in [2.45, 2.75) is 70.4 Å². The van der Waals surface area contributed by atoms with Gasteiger partial charge in [0.2, 0.25) is 5.91 Å². The van der Waals surface area contributed by atoms with Gasteiger partial charge in [-0.15, -0.1) is 0 Å². The minimum atomic E-state index is 0.183. The molecule has 2 aliphatic carbocycles. The van der Waals surface area contributed by atoms with Crippen LogP contribution in [0.2, 0.25) is 0 Å². The molecule has 98 valence electrons. The van der Waals surface area contributed by atoms with Crippen LogP contribution < -0.4 is 10.6 Å². The Hall–Kier alpha value is -0.570. The lowest BCUT2D eigenvalue weighted by molar-refractivity contribution is -0.121. The molecular weight excluding hydrogens is 212 g/mol. The van der Waals surface area contributed by atoms with E-state index in [2.05, 4.69) is 17.6 Å². The summed E-state index contributed by atoms with van der Waals surface area (Å²) in [6.45, 7) is 2.70. The van der Waals surface area contributed by atoms with Crippen LogP contribution in [0.4, 0.5) is 0 Å². The molecule has 2 N–H and O–H groups in total. The average Bonchev–Trinajstić information content (AvgIpc) is 2.25. The Kier molecular flexibility index (Phi) is 4.84. The van der Waals surface area contributed by atoms with E-state index in [-0.39, 0.29) is 5.91 Å². The number of nitrogens with one attached hydrogen (secondary N) is 2. The van der Waals surface area contributed by atoms with Crippen LogP contribution in [0.25, 0.3) is 0 Å². The number of carbonyl (C=O) groups is 1. The molecule has 2 aliphatic rings. The summed E-state index contributed by atoms with van der Waals surface area (Å²) in [5, 5.41) is 6.51. The van der Waals surface area contributed by atoms with Crippen LogP contribution in [0.15, 0.2) is 0 Å². The van der Waals surface area contributed by atoms with Gasteiger partial charge in [0.25, 0.3) is 0 Å². The van der Waals surface area contributed by atoms with Crippen LogP contribution in [0.3, 0.4) is 0 Å². The van der Waals surface area contributed by atoms with Gasteiger partial charge >= 0.3 is 0 Å². The molecule has 0 bridgehead atoms. The van der Waals surface area contributed by atoms with Gasteiger partial charge in [0, 0.05) is 12.1 Å². The molecule has 3 nitrogen and oxygen atoms in total. The van der Waals surface area contributed by atoms with E-state index in [0.29, 0.717) is 18.6 Å². The van der Waals surface area contributed by atoms with Gasteiger partial charge in [-0.05, 0) is 38.5 Å². The first kappa shape index (κ1) is 12.9. The summed E-state index contributed by atoms with van der Waals surface area (Å²) in [5.41, 5.74) is 0. The normalized spacial score (nSPS) is 24.1. The van der Waals surface area contributed by atoms with Gasteiger partial charge in [-0.25, -0.2) is 0 Å². The SMILES string of the molecule is CC(NCC(=O)NC1CCCCC1)C1CCC1. The summed E-state index contributed by atoms with van der Waals surface area (Å²) in [6.07, 6.45) is 10.3. The smallest absolute Gasteiger partial charge is 0.234 e. The predicted octanol–water partition coefficient (Wildman–Crippen LogP) is 2.21. The van der Waals surface area contributed by atoms with Gasteiger partial charge in [0.15, 0.2) is 0 Å². The summed E-state index contributed by atoms with van der Waals surface area (Å²) < 4.78 is 0. The van der Waals surface area contributed by atoms with Crippen molar-refractivity contribution < 1.29 is 4.79 Å². The van der Waals surface area contributed by atoms with Gasteiger partial charge in [-0.1, -0.05) is 25.7 Å². The minimum Gasteiger partial charge on any atom is -0.352 e. The van der Waals surface area contributed by atoms with Gasteiger partial charge in [0.05, 0.1) is 6.54 Å². The molecule has 0 heterocycles. The molecule has 0 aliphatic heterocycles. The van der Waals surface area contributed by atoms with E-state index < -0.39 is 0 Å². The molecule has 2 saturated carbocycles. The maximum absolute atomic E-state index is 11.8. The summed E-state index contributed by atoms with van der Waals surface area (Å²) in [6, 6.07) is 0.943. The highest BCUT2D eigenvalue weighted by Gasteiger charge is 2.24. The van der Waals surface area contributed by atoms with Crippen LogP contribution in [-0.2, 0) is 4.79 Å². The van der Waals surface area contributed by atoms with Gasteiger partial charge in [-0.3, -0.25) is 4.79 Å². The molecule has 0 spiro atoms. The highest BCUT2D eigenvalue weighted by molar-refractivity contribution is 5.78. The quantitative estimate of drug-likeness (QED) is 0.771. The number of hydrogen-bond acceptors (Lipinski definition) is 2. The van der Waals surface area contributed by atoms with Crippen molar-refractivity contribution in [3.63, 3.8) is 0 Å². The van der Waals surface area contributed by atoms with E-state index in [1.165, 1.54) is 51.4 Å². The molecule has 0 aromatic heterocycles. The highest BCUT2D eigenvalue weighted by Crippen LogP contribution is 2.29. The first-order valence-electron chi connectivity index (χ1n) is 7.28. The van der Waals surface area contributed by atoms with Gasteiger partial charge < -0.3 is 10.6 Å². The largest absolute Gasteiger partial charge is 0.352 e. The Bertz CT molecular complexity index is 245. The zero-order valence-electron chi connectivity index (χ0n) is 11.0. The summed E-state index contributed by atoms with van der Waals surface area (Å²) in [5.74, 6) is 0.987. The van der Waals surface area contributed by atoms with Crippen molar-refractivity contribution in [3.05, 3.63) is 0 Å². The molecule has 0 aromatic carbocycles. The van der Waals surface area contributed by atoms with Crippen molar-refractivity contribution in [3.8, 4) is 0 Å². The molecular formula is C14H26N2O. The second-order valence-electron chi connectivity index (χ2n) is 5.76. The lowest BCUT2D eigenvalue weighted by Gasteiger charge is -2.32. The molecule has 1 atom stereocenters. The zero-order valence-corrected chi connectivity index (χ0v) is 11.0. The van der Waals surface area contributed by atoms with Crippen molar-refractivity contribution >= 4 is 5.91 Å². The fraction of sp³-hybridized carbons (Fsp3) is 0.929. The molecule has 2 fully saturated rings. The molecule has 0 aromatic rings. The van der Waals surface area contributed by atoms with Crippen LogP contribution >= 0.6 is 0 Å². The number of rotatable bonds is 5. The lowest BCUT2D eigenvalue weighted by atomic mass is 9.80. The third-order valence-electron chi connectivity index (χ3n) is 4.41. The van der Waals surface area contributed by atoms with E-state index in [1.807, 2.05) is 0 Å². The Morgan fingerprint density at radius 2 is 1.82 bits per heavy atom. The Morgan fingerprint density at radius 1 is 1.12 bits per heavy atom. The second kappa shape index (κ2) is 6.39. The zero-order chi connectivity index (χ0) is 12.1. The second-order valence-corrected chi connectivity index (χ2v) is 5.76. The number of hydrogen-bond donors (Lipinski definition) is 2. The molecule has 1 unspecified atom stereocenters. The van der Waals surface area contributed by atoms with Crippen LogP contribution in [0, 0.1) is 5.92 Å². The van der Waals surface area contributed by atoms with Crippen LogP contribution in [0.5, 0.6) is 0 Å². The van der Waals surface area contributed by atoms with E-state index in [9.17, 15) is 4.79 Å². The first-order chi connectivity index (χ1) is 8.25. The van der Waals surface area contributed by atoms with E-state index in [4.69, 9.17) is 0 Å². The van der Waals surface area contributed by atoms with Crippen molar-refractivity contribution in [2.75, 3.05) is 6.54 Å². The number of amides is 1. The lowest BCUT2D eigenvalue weighted by Crippen LogP contribution is -2.45. The molecule has 1 amide bonds. The van der Waals surface area contributed by atoms with E-state index >= 15 is 0 Å². The van der Waals surface area contributed by atoms with Crippen LogP contribution in [0.1, 0.15) is 58.3 Å². The fourth-order valence-electron chi connectivity index (χ4n) is 2.89. The molecule has 0 saturated heterocycles. The summed E-state index contributed by atoms with van der Waals surface area (Å²) in [7, 11) is 0. The van der Waals surface area contributed by atoms with Crippen molar-refractivity contribution in [2.24, 2.45) is 5.92 Å². The van der Waals surface area contributed by atoms with Crippen molar-refractivity contribution in [1.29, 1.82) is 0 Å². The van der Waals surface area contributed by atoms with Gasteiger partial charge in [0.1, 0.15) is 0 Å². The Labute approximate surface area is 105 Å². The molecule has 0 radical (unpaired) electrons. The standard InChI is InChI=1S/C14H26N2O/c1-11(12-6-5-7-12)15-10-14(17)16-13-8-3-2-4-9-13/h11-13,15H,2-10H2,1H3,(H,16,17). The first-order valence-corrected chi connectivity index (χ1v) is 7.28. The predicted molar refractivity (Wildman–Crippen MR) is 69.8 cm³/mol. The molecule has 3 heteroatoms. The van der Waals surface area contributed by atoms with E-state index in [0.717, 1.165) is 5.92 Å². The third-order valence-corrected chi connectivity index (χ3v) is 4.41. The minimum absolute atomic E-state index is 0.183. The van der Waals surface area contributed by atoms with Crippen LogP contribution in [-0.4, -0.2) is 24.5 Å². The monoisotopic (exact) mass is 238 g/mol. The maximum Gasteiger partial charge on any atom is 0.234 e. The highest BCUT2D eigenvalue weighted by atomic mass is 16.1. The van der Waals surface area contributed by atoms with Crippen molar-refractivity contribution in [1.82, 2.24) is 10.6 Å². The topological polar surface area (TPSA) is 41.1 Å². The Balaban J connectivity index is 1.59. The van der Waals surface area contributed by atoms with Gasteiger partial charge in [-0.2, -0.15) is 0 Å². The molecule has 17 heavy (non-hydrogen) atoms. The fourth-order valence-corrected chi connectivity index (χ4v) is 2.89. The number of carbonyl (C=O) groups excluding carboxylic acids is 1. The summed E-state index contributed by atoms with van der Waals surface area (Å²) >= 11 is 0. The Morgan fingerprint density at radius 3 is 2.41 bits per heavy atom. The van der Waals surface area contributed by atoms with E-state index in [1.54, 1.807) is 0 Å². The molecule has 2 rings (SSSR count). The third kappa shape index (κ3) is 3.98.